The van der Waals surface area contributed by atoms with Gasteiger partial charge in [-0.3, -0.25) is 4.79 Å². The maximum atomic E-state index is 11.6. The van der Waals surface area contributed by atoms with Gasteiger partial charge in [0.2, 0.25) is 5.91 Å². The second-order valence-corrected chi connectivity index (χ2v) is 5.13. The first-order valence-corrected chi connectivity index (χ1v) is 7.00. The Kier molecular flexibility index (Phi) is 6.21. The number of amides is 1. The third kappa shape index (κ3) is 4.36. The van der Waals surface area contributed by atoms with Gasteiger partial charge in [0.25, 0.3) is 0 Å². The summed E-state index contributed by atoms with van der Waals surface area (Å²) in [6.45, 7) is 7.63. The molecule has 0 aliphatic carbocycles. The average molecular weight is 279 g/mol. The molecule has 0 aliphatic heterocycles. The van der Waals surface area contributed by atoms with Gasteiger partial charge in [0.15, 0.2) is 0 Å². The highest BCUT2D eigenvalue weighted by Gasteiger charge is 2.14. The van der Waals surface area contributed by atoms with Gasteiger partial charge in [0, 0.05) is 39.2 Å². The molecule has 20 heavy (non-hydrogen) atoms. The summed E-state index contributed by atoms with van der Waals surface area (Å²) < 4.78 is 0. The molecule has 0 saturated carbocycles. The molecule has 1 amide bonds. The van der Waals surface area contributed by atoms with Crippen molar-refractivity contribution >= 4 is 17.5 Å². The first-order chi connectivity index (χ1) is 9.47. The summed E-state index contributed by atoms with van der Waals surface area (Å²) in [6.07, 6.45) is 1.99. The van der Waals surface area contributed by atoms with Gasteiger partial charge in [-0.15, -0.1) is 0 Å². The first-order valence-electron chi connectivity index (χ1n) is 7.00. The third-order valence-electron chi connectivity index (χ3n) is 2.94. The van der Waals surface area contributed by atoms with Crippen molar-refractivity contribution in [1.29, 1.82) is 0 Å². The molecule has 0 radical (unpaired) electrons. The van der Waals surface area contributed by atoms with E-state index in [2.05, 4.69) is 34.4 Å². The lowest BCUT2D eigenvalue weighted by Gasteiger charge is -2.17. The number of hydrogen-bond donors (Lipinski definition) is 2. The highest BCUT2D eigenvalue weighted by molar-refractivity contribution is 5.76. The molecule has 1 aromatic heterocycles. The number of carbonyl (C=O) groups is 1. The highest BCUT2D eigenvalue weighted by Crippen LogP contribution is 2.28. The van der Waals surface area contributed by atoms with Gasteiger partial charge in [0.1, 0.15) is 18.0 Å². The molecule has 0 fully saturated rings. The standard InChI is InChI=1S/C14H25N5O/c1-6-15-13-12(10(2)3)14(18-9-17-13)16-8-7-11(20)19(4)5/h9-10H,6-8H2,1-5H3,(H2,15,16,17,18). The quantitative estimate of drug-likeness (QED) is 0.798. The van der Waals surface area contributed by atoms with E-state index in [9.17, 15) is 4.79 Å². The molecule has 6 heteroatoms. The summed E-state index contributed by atoms with van der Waals surface area (Å²) in [5, 5.41) is 6.49. The Morgan fingerprint density at radius 1 is 1.25 bits per heavy atom. The minimum Gasteiger partial charge on any atom is -0.370 e. The van der Waals surface area contributed by atoms with Crippen LogP contribution in [0.5, 0.6) is 0 Å². The van der Waals surface area contributed by atoms with E-state index < -0.39 is 0 Å². The van der Waals surface area contributed by atoms with Crippen molar-refractivity contribution in [1.82, 2.24) is 14.9 Å². The van der Waals surface area contributed by atoms with E-state index in [0.29, 0.717) is 18.9 Å². The van der Waals surface area contributed by atoms with Crippen molar-refractivity contribution < 1.29 is 4.79 Å². The van der Waals surface area contributed by atoms with Crippen LogP contribution < -0.4 is 10.6 Å². The van der Waals surface area contributed by atoms with Crippen LogP contribution in [0.1, 0.15) is 38.7 Å². The second-order valence-electron chi connectivity index (χ2n) is 5.13. The fourth-order valence-electron chi connectivity index (χ4n) is 1.90. The molecule has 2 N–H and O–H groups in total. The SMILES string of the molecule is CCNc1ncnc(NCCC(=O)N(C)C)c1C(C)C. The molecule has 6 nitrogen and oxygen atoms in total. The summed E-state index contributed by atoms with van der Waals surface area (Å²) in [7, 11) is 3.52. The van der Waals surface area contributed by atoms with Gasteiger partial charge < -0.3 is 15.5 Å². The van der Waals surface area contributed by atoms with Gasteiger partial charge in [-0.1, -0.05) is 13.8 Å². The van der Waals surface area contributed by atoms with E-state index in [0.717, 1.165) is 23.7 Å². The number of nitrogens with zero attached hydrogens (tertiary/aromatic N) is 3. The third-order valence-corrected chi connectivity index (χ3v) is 2.94. The van der Waals surface area contributed by atoms with Gasteiger partial charge in [-0.2, -0.15) is 0 Å². The molecule has 0 spiro atoms. The molecule has 112 valence electrons. The summed E-state index contributed by atoms with van der Waals surface area (Å²) in [5.74, 6) is 2.07. The summed E-state index contributed by atoms with van der Waals surface area (Å²) in [4.78, 5) is 21.7. The molecular weight excluding hydrogens is 254 g/mol. The molecule has 1 rings (SSSR count). The molecule has 0 bridgehead atoms. The zero-order valence-electron chi connectivity index (χ0n) is 13.0. The fourth-order valence-corrected chi connectivity index (χ4v) is 1.90. The lowest BCUT2D eigenvalue weighted by molar-refractivity contribution is -0.128. The van der Waals surface area contributed by atoms with E-state index in [1.807, 2.05) is 6.92 Å². The minimum atomic E-state index is 0.101. The van der Waals surface area contributed by atoms with Gasteiger partial charge in [0.05, 0.1) is 0 Å². The minimum absolute atomic E-state index is 0.101. The van der Waals surface area contributed by atoms with Crippen molar-refractivity contribution in [2.75, 3.05) is 37.8 Å². The van der Waals surface area contributed by atoms with E-state index >= 15 is 0 Å². The van der Waals surface area contributed by atoms with Crippen LogP contribution in [0, 0.1) is 0 Å². The van der Waals surface area contributed by atoms with Gasteiger partial charge >= 0.3 is 0 Å². The molecule has 1 aromatic rings. The number of hydrogen-bond acceptors (Lipinski definition) is 5. The van der Waals surface area contributed by atoms with Crippen LogP contribution in [-0.4, -0.2) is 48.0 Å². The van der Waals surface area contributed by atoms with E-state index in [-0.39, 0.29) is 5.91 Å². The number of nitrogens with one attached hydrogen (secondary N) is 2. The summed E-state index contributed by atoms with van der Waals surface area (Å²) >= 11 is 0. The topological polar surface area (TPSA) is 70.1 Å². The monoisotopic (exact) mass is 279 g/mol. The smallest absolute Gasteiger partial charge is 0.223 e. The molecular formula is C14H25N5O. The normalized spacial score (nSPS) is 10.5. The van der Waals surface area contributed by atoms with E-state index in [1.54, 1.807) is 25.3 Å². The van der Waals surface area contributed by atoms with Crippen molar-refractivity contribution in [2.45, 2.75) is 33.1 Å². The average Bonchev–Trinajstić information content (AvgIpc) is 2.38. The van der Waals surface area contributed by atoms with Crippen LogP contribution in [0.3, 0.4) is 0 Å². The molecule has 0 aromatic carbocycles. The predicted octanol–water partition coefficient (Wildman–Crippen LogP) is 1.92. The number of aromatic nitrogens is 2. The van der Waals surface area contributed by atoms with Crippen molar-refractivity contribution in [3.8, 4) is 0 Å². The summed E-state index contributed by atoms with van der Waals surface area (Å²) in [6, 6.07) is 0. The Balaban J connectivity index is 2.78. The Labute approximate surface area is 121 Å². The predicted molar refractivity (Wildman–Crippen MR) is 82.1 cm³/mol. The van der Waals surface area contributed by atoms with E-state index in [4.69, 9.17) is 0 Å². The Morgan fingerprint density at radius 3 is 2.35 bits per heavy atom. The van der Waals surface area contributed by atoms with Crippen LogP contribution in [0.4, 0.5) is 11.6 Å². The van der Waals surface area contributed by atoms with Crippen LogP contribution in [-0.2, 0) is 4.79 Å². The zero-order valence-corrected chi connectivity index (χ0v) is 13.0. The Bertz CT molecular complexity index is 445. The van der Waals surface area contributed by atoms with Crippen LogP contribution in [0.2, 0.25) is 0 Å². The van der Waals surface area contributed by atoms with Gasteiger partial charge in [-0.25, -0.2) is 9.97 Å². The fraction of sp³-hybridized carbons (Fsp3) is 0.643. The Hall–Kier alpha value is -1.85. The highest BCUT2D eigenvalue weighted by atomic mass is 16.2. The van der Waals surface area contributed by atoms with Crippen molar-refractivity contribution in [2.24, 2.45) is 0 Å². The molecule has 0 unspecified atom stereocenters. The molecule has 0 aliphatic rings. The van der Waals surface area contributed by atoms with Crippen molar-refractivity contribution in [3.05, 3.63) is 11.9 Å². The first kappa shape index (κ1) is 16.2. The maximum absolute atomic E-state index is 11.6. The van der Waals surface area contributed by atoms with E-state index in [1.165, 1.54) is 0 Å². The largest absolute Gasteiger partial charge is 0.370 e. The molecule has 1 heterocycles. The Morgan fingerprint density at radius 2 is 1.85 bits per heavy atom. The lowest BCUT2D eigenvalue weighted by atomic mass is 10.0. The number of anilines is 2. The molecule has 0 saturated heterocycles. The zero-order chi connectivity index (χ0) is 15.1. The van der Waals surface area contributed by atoms with Gasteiger partial charge in [-0.05, 0) is 12.8 Å². The second kappa shape index (κ2) is 7.67. The number of rotatable bonds is 7. The summed E-state index contributed by atoms with van der Waals surface area (Å²) in [5.41, 5.74) is 1.06. The lowest BCUT2D eigenvalue weighted by Crippen LogP contribution is -2.24. The number of carbonyl (C=O) groups excluding carboxylic acids is 1. The maximum Gasteiger partial charge on any atom is 0.223 e. The van der Waals surface area contributed by atoms with Crippen LogP contribution in [0.25, 0.3) is 0 Å². The molecule has 0 atom stereocenters. The van der Waals surface area contributed by atoms with Crippen molar-refractivity contribution in [3.63, 3.8) is 0 Å². The van der Waals surface area contributed by atoms with Crippen LogP contribution in [0.15, 0.2) is 6.33 Å². The van der Waals surface area contributed by atoms with Crippen LogP contribution >= 0.6 is 0 Å².